The maximum Gasteiger partial charge on any atom is 0.469 e. The Kier molecular flexibility index (Phi) is 8.64. The number of piperidine rings is 1. The smallest absolute Gasteiger partial charge is 0.465 e. The lowest BCUT2D eigenvalue weighted by molar-refractivity contribution is -0.285. The Labute approximate surface area is 242 Å². The summed E-state index contributed by atoms with van der Waals surface area (Å²) >= 11 is 0. The molecule has 15 heteroatoms. The lowest BCUT2D eigenvalue weighted by Crippen LogP contribution is -2.60. The van der Waals surface area contributed by atoms with E-state index in [2.05, 4.69) is 27.2 Å². The van der Waals surface area contributed by atoms with Crippen molar-refractivity contribution in [2.75, 3.05) is 26.8 Å². The van der Waals surface area contributed by atoms with Crippen molar-refractivity contribution in [1.82, 2.24) is 9.47 Å². The summed E-state index contributed by atoms with van der Waals surface area (Å²) < 4.78 is 26.0. The molecule has 0 radical (unpaired) electrons. The number of rotatable bonds is 5. The van der Waals surface area contributed by atoms with Gasteiger partial charge in [-0.05, 0) is 49.3 Å². The summed E-state index contributed by atoms with van der Waals surface area (Å²) in [5.41, 5.74) is 1.69. The number of nitrogens with zero attached hydrogens (tertiary/aromatic N) is 2. The predicted molar refractivity (Wildman–Crippen MR) is 146 cm³/mol. The second-order valence-corrected chi connectivity index (χ2v) is 12.8. The van der Waals surface area contributed by atoms with Crippen LogP contribution in [0.25, 0.3) is 10.9 Å². The van der Waals surface area contributed by atoms with Gasteiger partial charge in [0.1, 0.15) is 24.4 Å². The second-order valence-electron chi connectivity index (χ2n) is 11.5. The summed E-state index contributed by atoms with van der Waals surface area (Å²) in [4.78, 5) is 32.2. The van der Waals surface area contributed by atoms with E-state index in [1.807, 2.05) is 22.8 Å². The van der Waals surface area contributed by atoms with Crippen LogP contribution < -0.4 is 0 Å². The number of esters is 1. The number of carbonyl (C=O) groups excluding carboxylic acids is 1. The average molecular weight is 615 g/mol. The minimum absolute atomic E-state index is 0.0826. The molecule has 4 aliphatic heterocycles. The van der Waals surface area contributed by atoms with Crippen LogP contribution in [0.4, 0.5) is 0 Å². The van der Waals surface area contributed by atoms with E-state index in [9.17, 15) is 24.7 Å². The first-order valence-electron chi connectivity index (χ1n) is 14.0. The van der Waals surface area contributed by atoms with Crippen molar-refractivity contribution in [2.24, 2.45) is 5.41 Å². The van der Waals surface area contributed by atoms with Crippen LogP contribution >= 0.6 is 7.82 Å². The van der Waals surface area contributed by atoms with Gasteiger partial charge in [-0.2, -0.15) is 0 Å². The lowest BCUT2D eigenvalue weighted by atomic mass is 9.62. The molecular formula is C27H39N2O12P. The van der Waals surface area contributed by atoms with E-state index < -0.39 is 56.8 Å². The summed E-state index contributed by atoms with van der Waals surface area (Å²) in [6, 6.07) is 8.45. The SMILES string of the molecule is CC[C@]12CCCN3CCc4c(n(c5ccccc45)[C@@](O)(C(=O)OC)C1)[C@@H]32.O=P(O)(O)OC[C@H]1O[C@H](O)[C@H](O)[C@@H](O)[C@@H]1O. The number of hydrogen-bond donors (Lipinski definition) is 7. The van der Waals surface area contributed by atoms with Gasteiger partial charge in [0, 0.05) is 24.0 Å². The van der Waals surface area contributed by atoms with E-state index in [1.54, 1.807) is 0 Å². The number of fused-ring (bicyclic) bond motifs is 3. The van der Waals surface area contributed by atoms with Crippen molar-refractivity contribution in [3.63, 3.8) is 0 Å². The van der Waals surface area contributed by atoms with E-state index in [0.717, 1.165) is 50.0 Å². The van der Waals surface area contributed by atoms with E-state index in [4.69, 9.17) is 24.7 Å². The molecule has 0 aliphatic carbocycles. The summed E-state index contributed by atoms with van der Waals surface area (Å²) in [6.07, 6.45) is -3.59. The maximum atomic E-state index is 12.8. The number of methoxy groups -OCH3 is 1. The molecule has 5 heterocycles. The van der Waals surface area contributed by atoms with Crippen molar-refractivity contribution in [3.8, 4) is 0 Å². The quantitative estimate of drug-likeness (QED) is 0.173. The standard InChI is InChI=1S/C21H26N2O3.C6H13O9P/c1-3-20-10-6-11-22-12-9-15-14-7-4-5-8-16(14)23(17(15)18(20)22)21(25,13-20)19(24)26-2;7-3-2(1-14-16(11,12)13)15-6(10)5(9)4(3)8/h4-5,7-8,18,25H,3,6,9-13H2,1-2H3;2-10H,1H2,(H2,11,12,13)/t18-,20+,21+;2-,3-,4+,5-,6+/m11/s1. The third kappa shape index (κ3) is 5.22. The molecule has 42 heavy (non-hydrogen) atoms. The first-order valence-corrected chi connectivity index (χ1v) is 15.6. The fourth-order valence-electron chi connectivity index (χ4n) is 7.34. The van der Waals surface area contributed by atoms with Gasteiger partial charge in [0.25, 0.3) is 0 Å². The van der Waals surface area contributed by atoms with Crippen LogP contribution in [0.2, 0.25) is 0 Å². The molecule has 1 aromatic carbocycles. The van der Waals surface area contributed by atoms with Crippen molar-refractivity contribution in [1.29, 1.82) is 0 Å². The number of aliphatic hydroxyl groups is 5. The molecule has 0 bridgehead atoms. The van der Waals surface area contributed by atoms with Gasteiger partial charge >= 0.3 is 13.8 Å². The van der Waals surface area contributed by atoms with Gasteiger partial charge in [0.05, 0.1) is 25.3 Å². The fraction of sp³-hybridized carbons (Fsp3) is 0.667. The number of carbonyl (C=O) groups is 1. The number of hydrogen-bond acceptors (Lipinski definition) is 11. The van der Waals surface area contributed by atoms with Gasteiger partial charge in [0.15, 0.2) is 6.29 Å². The molecule has 0 amide bonds. The van der Waals surface area contributed by atoms with E-state index in [1.165, 1.54) is 18.1 Å². The molecule has 0 unspecified atom stereocenters. The largest absolute Gasteiger partial charge is 0.469 e. The topological polar surface area (TPSA) is 212 Å². The fourth-order valence-corrected chi connectivity index (χ4v) is 7.68. The molecule has 7 N–H and O–H groups in total. The van der Waals surface area contributed by atoms with E-state index in [0.29, 0.717) is 6.42 Å². The van der Waals surface area contributed by atoms with Crippen molar-refractivity contribution >= 4 is 24.7 Å². The molecule has 2 saturated heterocycles. The average Bonchev–Trinajstić information content (AvgIpc) is 3.32. The summed E-state index contributed by atoms with van der Waals surface area (Å²) in [5, 5.41) is 49.6. The third-order valence-corrected chi connectivity index (χ3v) is 9.76. The Morgan fingerprint density at radius 1 is 1.12 bits per heavy atom. The third-order valence-electron chi connectivity index (χ3n) is 9.27. The van der Waals surface area contributed by atoms with Gasteiger partial charge < -0.3 is 49.4 Å². The summed E-state index contributed by atoms with van der Waals surface area (Å²) in [6.45, 7) is 3.63. The van der Waals surface area contributed by atoms with Gasteiger partial charge in [-0.15, -0.1) is 0 Å². The minimum Gasteiger partial charge on any atom is -0.465 e. The zero-order chi connectivity index (χ0) is 30.6. The zero-order valence-corrected chi connectivity index (χ0v) is 24.3. The number of phosphoric ester groups is 1. The Morgan fingerprint density at radius 2 is 1.83 bits per heavy atom. The Hall–Kier alpha value is -1.94. The van der Waals surface area contributed by atoms with E-state index >= 15 is 0 Å². The molecule has 8 atom stereocenters. The van der Waals surface area contributed by atoms with Crippen LogP contribution in [0.1, 0.15) is 49.9 Å². The van der Waals surface area contributed by atoms with Crippen LogP contribution in [0.5, 0.6) is 0 Å². The summed E-state index contributed by atoms with van der Waals surface area (Å²) in [7, 11) is -3.36. The molecule has 0 saturated carbocycles. The maximum absolute atomic E-state index is 12.8. The molecule has 14 nitrogen and oxygen atoms in total. The minimum atomic E-state index is -4.73. The van der Waals surface area contributed by atoms with Gasteiger partial charge in [-0.3, -0.25) is 9.42 Å². The van der Waals surface area contributed by atoms with Crippen molar-refractivity contribution < 1.29 is 58.7 Å². The monoisotopic (exact) mass is 614 g/mol. The number of phosphoric acid groups is 1. The summed E-state index contributed by atoms with van der Waals surface area (Å²) in [5.74, 6) is -0.546. The van der Waals surface area contributed by atoms with Crippen molar-refractivity contribution in [2.45, 2.75) is 81.5 Å². The number of benzene rings is 1. The van der Waals surface area contributed by atoms with Gasteiger partial charge in [-0.1, -0.05) is 25.1 Å². The predicted octanol–water partition coefficient (Wildman–Crippen LogP) is -0.152. The van der Waals surface area contributed by atoms with Gasteiger partial charge in [-0.25, -0.2) is 9.36 Å². The molecule has 2 aromatic rings. The van der Waals surface area contributed by atoms with Crippen molar-refractivity contribution in [3.05, 3.63) is 35.5 Å². The molecule has 1 aromatic heterocycles. The molecule has 4 aliphatic rings. The highest BCUT2D eigenvalue weighted by Crippen LogP contribution is 2.60. The number of aliphatic hydroxyl groups excluding tert-OH is 4. The molecule has 2 fully saturated rings. The first kappa shape index (κ1) is 31.5. The number of aromatic nitrogens is 1. The molecular weight excluding hydrogens is 575 g/mol. The van der Waals surface area contributed by atoms with Gasteiger partial charge in [0.2, 0.25) is 5.72 Å². The van der Waals surface area contributed by atoms with Crippen LogP contribution in [-0.2, 0) is 35.5 Å². The first-order chi connectivity index (χ1) is 19.8. The lowest BCUT2D eigenvalue weighted by Gasteiger charge is -2.57. The normalized spacial score (nSPS) is 36.1. The second kappa shape index (κ2) is 11.5. The van der Waals surface area contributed by atoms with Crippen LogP contribution in [0.15, 0.2) is 24.3 Å². The van der Waals surface area contributed by atoms with Crippen LogP contribution in [-0.4, -0.2) is 108 Å². The highest BCUT2D eigenvalue weighted by atomic mass is 31.2. The van der Waals surface area contributed by atoms with E-state index in [-0.39, 0.29) is 11.5 Å². The number of ether oxygens (including phenoxy) is 2. The highest BCUT2D eigenvalue weighted by Gasteiger charge is 2.60. The molecule has 234 valence electrons. The Bertz CT molecular complexity index is 1360. The Morgan fingerprint density at radius 3 is 2.50 bits per heavy atom. The van der Waals surface area contributed by atoms with Crippen LogP contribution in [0.3, 0.4) is 0 Å². The Balaban J connectivity index is 0.000000191. The zero-order valence-electron chi connectivity index (χ0n) is 23.4. The molecule has 6 rings (SSSR count). The molecule has 0 spiro atoms. The van der Waals surface area contributed by atoms with Crippen LogP contribution in [0, 0.1) is 5.41 Å². The number of para-hydroxylation sites is 1. The highest BCUT2D eigenvalue weighted by molar-refractivity contribution is 7.46.